The molecule has 4 aromatic rings. The highest BCUT2D eigenvalue weighted by Crippen LogP contribution is 2.29. The van der Waals surface area contributed by atoms with Crippen LogP contribution in [0.5, 0.6) is 0 Å². The number of rotatable bonds is 12. The summed E-state index contributed by atoms with van der Waals surface area (Å²) in [6, 6.07) is 11.1. The first kappa shape index (κ1) is 31.7. The second-order valence-corrected chi connectivity index (χ2v) is 10.3. The lowest BCUT2D eigenvalue weighted by Crippen LogP contribution is -2.49. The smallest absolute Gasteiger partial charge is 0.380 e. The van der Waals surface area contributed by atoms with E-state index in [1.165, 1.54) is 33.8 Å². The number of hydrogen-bond donors (Lipinski definition) is 2. The van der Waals surface area contributed by atoms with Gasteiger partial charge in [-0.1, -0.05) is 12.1 Å². The van der Waals surface area contributed by atoms with Crippen molar-refractivity contribution < 1.29 is 22.7 Å². The van der Waals surface area contributed by atoms with Crippen molar-refractivity contribution in [1.82, 2.24) is 34.5 Å². The summed E-state index contributed by atoms with van der Waals surface area (Å²) >= 11 is 0. The number of carbonyl (C=O) groups excluding carboxylic acids is 1. The Hall–Kier alpha value is -4.76. The van der Waals surface area contributed by atoms with Gasteiger partial charge in [0.1, 0.15) is 11.1 Å². The van der Waals surface area contributed by atoms with Crippen LogP contribution in [-0.2, 0) is 22.3 Å². The van der Waals surface area contributed by atoms with Gasteiger partial charge in [-0.25, -0.2) is 19.3 Å². The lowest BCUT2D eigenvalue weighted by molar-refractivity contribution is -0.141. The number of likely N-dealkylation sites (N-methyl/N-ethyl adjacent to an activating group) is 1. The van der Waals surface area contributed by atoms with Crippen molar-refractivity contribution in [3.05, 3.63) is 77.4 Å². The number of amides is 1. The molecule has 1 amide bonds. The lowest BCUT2D eigenvalue weighted by atomic mass is 10.2. The molecule has 0 unspecified atom stereocenters. The summed E-state index contributed by atoms with van der Waals surface area (Å²) in [7, 11) is 1.85. The Bertz CT molecular complexity index is 1700. The maximum absolute atomic E-state index is 13.4. The summed E-state index contributed by atoms with van der Waals surface area (Å²) in [5.41, 5.74) is 0.178. The van der Waals surface area contributed by atoms with E-state index in [2.05, 4.69) is 37.1 Å². The predicted molar refractivity (Wildman–Crippen MR) is 164 cm³/mol. The van der Waals surface area contributed by atoms with Crippen LogP contribution in [0.15, 0.2) is 66.1 Å². The van der Waals surface area contributed by atoms with Gasteiger partial charge in [-0.05, 0) is 43.4 Å². The van der Waals surface area contributed by atoms with Gasteiger partial charge in [-0.15, -0.1) is 6.58 Å². The summed E-state index contributed by atoms with van der Waals surface area (Å²) in [5, 5.41) is 6.22. The number of pyridine rings is 1. The fraction of sp³-hybridized carbons (Fsp3) is 0.367. The number of allylic oxidation sites excluding steroid dienone is 1. The molecule has 1 aliphatic heterocycles. The van der Waals surface area contributed by atoms with Gasteiger partial charge >= 0.3 is 6.18 Å². The van der Waals surface area contributed by atoms with E-state index in [-0.39, 0.29) is 35.3 Å². The number of fused-ring (bicyclic) bond motifs is 1. The van der Waals surface area contributed by atoms with E-state index in [0.29, 0.717) is 51.5 Å². The Labute approximate surface area is 257 Å². The molecule has 45 heavy (non-hydrogen) atoms. The number of ether oxygens (including phenoxy) is 1. The normalized spacial score (nSPS) is 13.8. The van der Waals surface area contributed by atoms with E-state index in [1.807, 2.05) is 36.2 Å². The fourth-order valence-corrected chi connectivity index (χ4v) is 5.00. The Morgan fingerprint density at radius 1 is 1.07 bits per heavy atom. The van der Waals surface area contributed by atoms with E-state index >= 15 is 0 Å². The average molecular weight is 626 g/mol. The van der Waals surface area contributed by atoms with Gasteiger partial charge in [0, 0.05) is 50.3 Å². The molecular formula is C30H34F3N9O3. The molecule has 0 atom stereocenters. The molecule has 1 aliphatic rings. The summed E-state index contributed by atoms with van der Waals surface area (Å²) in [6.45, 7) is 8.04. The number of aromatic nitrogens is 5. The van der Waals surface area contributed by atoms with Crippen molar-refractivity contribution >= 4 is 34.3 Å². The molecule has 1 fully saturated rings. The molecule has 15 heteroatoms. The molecule has 0 spiro atoms. The molecule has 4 heterocycles. The number of alkyl halides is 3. The third kappa shape index (κ3) is 7.32. The topological polar surface area (TPSA) is 122 Å². The minimum Gasteiger partial charge on any atom is -0.380 e. The van der Waals surface area contributed by atoms with E-state index in [4.69, 9.17) is 4.74 Å². The van der Waals surface area contributed by atoms with Crippen LogP contribution in [0.4, 0.5) is 30.5 Å². The zero-order valence-electron chi connectivity index (χ0n) is 24.8. The quantitative estimate of drug-likeness (QED) is 0.181. The molecule has 12 nitrogen and oxygen atoms in total. The van der Waals surface area contributed by atoms with Crippen molar-refractivity contribution in [2.75, 3.05) is 63.2 Å². The number of piperazine rings is 1. The number of nitrogens with one attached hydrogen (secondary N) is 2. The minimum atomic E-state index is -4.66. The van der Waals surface area contributed by atoms with Crippen LogP contribution in [0.1, 0.15) is 12.1 Å². The second kappa shape index (κ2) is 13.9. The van der Waals surface area contributed by atoms with Crippen LogP contribution in [0.3, 0.4) is 0 Å². The highest BCUT2D eigenvalue weighted by Gasteiger charge is 2.33. The number of carbonyl (C=O) groups is 1. The summed E-state index contributed by atoms with van der Waals surface area (Å²) in [6.07, 6.45) is -1.51. The Kier molecular flexibility index (Phi) is 9.78. The van der Waals surface area contributed by atoms with Gasteiger partial charge in [-0.2, -0.15) is 18.2 Å². The van der Waals surface area contributed by atoms with E-state index in [9.17, 15) is 22.8 Å². The molecule has 0 bridgehead atoms. The molecular weight excluding hydrogens is 591 g/mol. The molecule has 3 aromatic heterocycles. The zero-order valence-corrected chi connectivity index (χ0v) is 24.8. The van der Waals surface area contributed by atoms with Crippen LogP contribution in [0, 0.1) is 0 Å². The van der Waals surface area contributed by atoms with Crippen molar-refractivity contribution in [2.24, 2.45) is 0 Å². The largest absolute Gasteiger partial charge is 0.433 e. The number of hydrogen-bond acceptors (Lipinski definition) is 9. The third-order valence-electron chi connectivity index (χ3n) is 7.30. The Morgan fingerprint density at radius 3 is 2.51 bits per heavy atom. The van der Waals surface area contributed by atoms with Crippen LogP contribution < -0.4 is 21.1 Å². The van der Waals surface area contributed by atoms with Crippen LogP contribution in [-0.4, -0.2) is 88.1 Å². The molecule has 1 aromatic carbocycles. The monoisotopic (exact) mass is 625 g/mol. The molecule has 0 saturated carbocycles. The van der Waals surface area contributed by atoms with Crippen LogP contribution in [0.2, 0.25) is 0 Å². The molecule has 238 valence electrons. The Balaban J connectivity index is 1.28. The van der Waals surface area contributed by atoms with Crippen molar-refractivity contribution in [1.29, 1.82) is 0 Å². The van der Waals surface area contributed by atoms with E-state index < -0.39 is 17.4 Å². The summed E-state index contributed by atoms with van der Waals surface area (Å²) in [4.78, 5) is 42.2. The minimum absolute atomic E-state index is 0.0190. The fourth-order valence-electron chi connectivity index (χ4n) is 5.00. The molecule has 0 aliphatic carbocycles. The molecule has 1 saturated heterocycles. The highest BCUT2D eigenvalue weighted by molar-refractivity contribution is 5.77. The van der Waals surface area contributed by atoms with Crippen LogP contribution in [0.25, 0.3) is 16.9 Å². The first-order chi connectivity index (χ1) is 21.7. The second-order valence-electron chi connectivity index (χ2n) is 10.3. The SMILES string of the molecule is C=CCn1c(=O)c2cnc(Nc3ccc(N4CCN(C(=O)CCOCCNC)CC4)cc3)nc2n1-c1cccc(C(F)(F)F)n1. The maximum atomic E-state index is 13.4. The van der Waals surface area contributed by atoms with Crippen molar-refractivity contribution in [3.63, 3.8) is 0 Å². The maximum Gasteiger partial charge on any atom is 0.433 e. The summed E-state index contributed by atoms with van der Waals surface area (Å²) < 4.78 is 48.1. The van der Waals surface area contributed by atoms with Gasteiger partial charge in [0.15, 0.2) is 11.5 Å². The third-order valence-corrected chi connectivity index (χ3v) is 7.30. The molecule has 5 rings (SSSR count). The van der Waals surface area contributed by atoms with Gasteiger partial charge in [0.05, 0.1) is 26.2 Å². The van der Waals surface area contributed by atoms with Gasteiger partial charge in [0.2, 0.25) is 11.9 Å². The number of nitrogens with zero attached hydrogens (tertiary/aromatic N) is 7. The van der Waals surface area contributed by atoms with Gasteiger partial charge < -0.3 is 25.2 Å². The first-order valence-corrected chi connectivity index (χ1v) is 14.5. The number of halogens is 3. The van der Waals surface area contributed by atoms with E-state index in [1.54, 1.807) is 0 Å². The van der Waals surface area contributed by atoms with Gasteiger partial charge in [-0.3, -0.25) is 9.59 Å². The van der Waals surface area contributed by atoms with Crippen molar-refractivity contribution in [2.45, 2.75) is 19.1 Å². The first-order valence-electron chi connectivity index (χ1n) is 14.5. The molecule has 2 N–H and O–H groups in total. The Morgan fingerprint density at radius 2 is 1.82 bits per heavy atom. The number of anilines is 3. The number of benzene rings is 1. The van der Waals surface area contributed by atoms with Crippen LogP contribution >= 0.6 is 0 Å². The average Bonchev–Trinajstić information content (AvgIpc) is 3.31. The van der Waals surface area contributed by atoms with E-state index in [0.717, 1.165) is 18.3 Å². The standard InChI is InChI=1S/C30H34F3N9O3/c1-3-13-41-28(44)23-20-35-29(38-27(23)42(41)25-6-4-5-24(37-25)30(31,32)33)36-21-7-9-22(10-8-21)39-14-16-40(17-15-39)26(43)11-18-45-19-12-34-2/h3-10,20,34H,1,11-19H2,2H3,(H,35,36,38). The molecule has 0 radical (unpaired) electrons. The highest BCUT2D eigenvalue weighted by atomic mass is 19.4. The zero-order chi connectivity index (χ0) is 32.0. The van der Waals surface area contributed by atoms with Crippen molar-refractivity contribution in [3.8, 4) is 5.82 Å². The summed E-state index contributed by atoms with van der Waals surface area (Å²) in [5.74, 6) is 0.117. The lowest BCUT2D eigenvalue weighted by Gasteiger charge is -2.36. The van der Waals surface area contributed by atoms with Gasteiger partial charge in [0.25, 0.3) is 5.56 Å². The predicted octanol–water partition coefficient (Wildman–Crippen LogP) is 3.20.